The summed E-state index contributed by atoms with van der Waals surface area (Å²) >= 11 is 0. The van der Waals surface area contributed by atoms with E-state index < -0.39 is 10.0 Å². The summed E-state index contributed by atoms with van der Waals surface area (Å²) < 4.78 is 29.0. The maximum Gasteiger partial charge on any atom is 0.243 e. The highest BCUT2D eigenvalue weighted by Crippen LogP contribution is 2.26. The smallest absolute Gasteiger partial charge is 0.243 e. The van der Waals surface area contributed by atoms with Gasteiger partial charge in [-0.2, -0.15) is 4.31 Å². The fourth-order valence-corrected chi connectivity index (χ4v) is 4.70. The molecule has 2 aromatic rings. The average Bonchev–Trinajstić information content (AvgIpc) is 2.88. The molecule has 1 fully saturated rings. The van der Waals surface area contributed by atoms with Gasteiger partial charge in [-0.05, 0) is 37.0 Å². The number of nitrogens with two attached hydrogens (primary N) is 1. The average molecular weight is 336 g/mol. The highest BCUT2D eigenvalue weighted by atomic mass is 32.2. The number of carbonyl (C=O) groups excluding carboxylic acids is 1. The van der Waals surface area contributed by atoms with Crippen molar-refractivity contribution in [1.82, 2.24) is 13.9 Å². The number of hydrogen-bond donors (Lipinski definition) is 1. The molecule has 1 aliphatic heterocycles. The van der Waals surface area contributed by atoms with Gasteiger partial charge in [-0.1, -0.05) is 0 Å². The Kier molecular flexibility index (Phi) is 4.11. The monoisotopic (exact) mass is 336 g/mol. The van der Waals surface area contributed by atoms with Gasteiger partial charge in [0.05, 0.1) is 22.3 Å². The van der Waals surface area contributed by atoms with Gasteiger partial charge in [0.15, 0.2) is 0 Å². The minimum atomic E-state index is -3.58. The summed E-state index contributed by atoms with van der Waals surface area (Å²) in [5.74, 6) is -0.390. The van der Waals surface area contributed by atoms with Gasteiger partial charge in [0.2, 0.25) is 15.9 Å². The Hall–Kier alpha value is -1.93. The summed E-state index contributed by atoms with van der Waals surface area (Å²) in [4.78, 5) is 15.5. The van der Waals surface area contributed by atoms with Crippen LogP contribution in [0.2, 0.25) is 0 Å². The molecule has 1 amide bonds. The van der Waals surface area contributed by atoms with Crippen LogP contribution in [-0.2, 0) is 21.9 Å². The van der Waals surface area contributed by atoms with E-state index in [0.29, 0.717) is 18.6 Å². The van der Waals surface area contributed by atoms with Crippen LogP contribution in [0.5, 0.6) is 0 Å². The summed E-state index contributed by atoms with van der Waals surface area (Å²) in [5.41, 5.74) is 6.77. The van der Waals surface area contributed by atoms with E-state index in [2.05, 4.69) is 4.98 Å². The van der Waals surface area contributed by atoms with E-state index in [1.54, 1.807) is 24.5 Å². The van der Waals surface area contributed by atoms with E-state index in [0.717, 1.165) is 18.4 Å². The molecule has 2 heterocycles. The molecular formula is C15H20N4O3S. The second-order valence-corrected chi connectivity index (χ2v) is 7.99. The summed E-state index contributed by atoms with van der Waals surface area (Å²) in [7, 11) is -1.72. The van der Waals surface area contributed by atoms with Gasteiger partial charge in [-0.25, -0.2) is 13.4 Å². The largest absolute Gasteiger partial charge is 0.370 e. The van der Waals surface area contributed by atoms with Crippen LogP contribution in [0.4, 0.5) is 0 Å². The maximum atomic E-state index is 12.8. The number of amides is 1. The number of rotatable bonds is 4. The second kappa shape index (κ2) is 5.93. The number of nitrogens with zero attached hydrogens (tertiary/aromatic N) is 3. The molecule has 0 spiro atoms. The van der Waals surface area contributed by atoms with E-state index in [-0.39, 0.29) is 23.1 Å². The minimum Gasteiger partial charge on any atom is -0.370 e. The lowest BCUT2D eigenvalue weighted by Gasteiger charge is -2.31. The van der Waals surface area contributed by atoms with Crippen molar-refractivity contribution in [3.05, 3.63) is 24.5 Å². The van der Waals surface area contributed by atoms with Crippen molar-refractivity contribution in [2.24, 2.45) is 18.7 Å². The summed E-state index contributed by atoms with van der Waals surface area (Å²) in [5, 5.41) is 0. The van der Waals surface area contributed by atoms with Gasteiger partial charge in [0.25, 0.3) is 0 Å². The SMILES string of the molecule is Cn1cnc2cc(S(=O)(=O)N3CCCC(CC(N)=O)C3)ccc21. The third-order valence-corrected chi connectivity index (χ3v) is 6.17. The van der Waals surface area contributed by atoms with Gasteiger partial charge < -0.3 is 10.3 Å². The first-order valence-electron chi connectivity index (χ1n) is 7.57. The molecule has 1 unspecified atom stereocenters. The zero-order valence-electron chi connectivity index (χ0n) is 13.0. The Balaban J connectivity index is 1.88. The molecule has 1 atom stereocenters. The van der Waals surface area contributed by atoms with Crippen LogP contribution in [0.3, 0.4) is 0 Å². The van der Waals surface area contributed by atoms with E-state index in [1.165, 1.54) is 4.31 Å². The van der Waals surface area contributed by atoms with Gasteiger partial charge in [0, 0.05) is 26.6 Å². The molecule has 1 aromatic heterocycles. The number of primary amides is 1. The van der Waals surface area contributed by atoms with E-state index >= 15 is 0 Å². The number of fused-ring (bicyclic) bond motifs is 1. The fraction of sp³-hybridized carbons (Fsp3) is 0.467. The first-order chi connectivity index (χ1) is 10.9. The lowest BCUT2D eigenvalue weighted by molar-refractivity contribution is -0.119. The summed E-state index contributed by atoms with van der Waals surface area (Å²) in [6.07, 6.45) is 3.45. The molecule has 1 aromatic carbocycles. The quantitative estimate of drug-likeness (QED) is 0.895. The molecule has 0 radical (unpaired) electrons. The van der Waals surface area contributed by atoms with Crippen molar-refractivity contribution in [2.45, 2.75) is 24.2 Å². The maximum absolute atomic E-state index is 12.8. The van der Waals surface area contributed by atoms with E-state index in [9.17, 15) is 13.2 Å². The molecule has 0 aliphatic carbocycles. The topological polar surface area (TPSA) is 98.3 Å². The third-order valence-electron chi connectivity index (χ3n) is 4.31. The first-order valence-corrected chi connectivity index (χ1v) is 9.01. The van der Waals surface area contributed by atoms with Crippen LogP contribution in [0.25, 0.3) is 11.0 Å². The number of piperidine rings is 1. The van der Waals surface area contributed by atoms with Crippen LogP contribution in [0.15, 0.2) is 29.4 Å². The second-order valence-electron chi connectivity index (χ2n) is 6.05. The Morgan fingerprint density at radius 2 is 2.22 bits per heavy atom. The van der Waals surface area contributed by atoms with Gasteiger partial charge in [-0.15, -0.1) is 0 Å². The van der Waals surface area contributed by atoms with Crippen LogP contribution < -0.4 is 5.73 Å². The molecule has 3 rings (SSSR count). The highest BCUT2D eigenvalue weighted by Gasteiger charge is 2.31. The van der Waals surface area contributed by atoms with Gasteiger partial charge >= 0.3 is 0 Å². The van der Waals surface area contributed by atoms with Gasteiger partial charge in [-0.3, -0.25) is 4.79 Å². The highest BCUT2D eigenvalue weighted by molar-refractivity contribution is 7.89. The van der Waals surface area contributed by atoms with Crippen molar-refractivity contribution in [3.8, 4) is 0 Å². The number of aryl methyl sites for hydroxylation is 1. The molecule has 124 valence electrons. The number of hydrogen-bond acceptors (Lipinski definition) is 4. The Morgan fingerprint density at radius 3 is 2.96 bits per heavy atom. The molecule has 8 heteroatoms. The molecule has 2 N–H and O–H groups in total. The van der Waals surface area contributed by atoms with Gasteiger partial charge in [0.1, 0.15) is 0 Å². The fourth-order valence-electron chi connectivity index (χ4n) is 3.12. The number of sulfonamides is 1. The molecule has 7 nitrogen and oxygen atoms in total. The van der Waals surface area contributed by atoms with Crippen LogP contribution in [-0.4, -0.2) is 41.3 Å². The summed E-state index contributed by atoms with van der Waals surface area (Å²) in [6.45, 7) is 0.809. The Bertz CT molecular complexity index is 844. The van der Waals surface area contributed by atoms with Crippen LogP contribution in [0.1, 0.15) is 19.3 Å². The molecular weight excluding hydrogens is 316 g/mol. The molecule has 0 saturated carbocycles. The lowest BCUT2D eigenvalue weighted by Crippen LogP contribution is -2.40. The zero-order chi connectivity index (χ0) is 16.6. The van der Waals surface area contributed by atoms with E-state index in [1.807, 2.05) is 11.6 Å². The van der Waals surface area contributed by atoms with Crippen LogP contribution >= 0.6 is 0 Å². The molecule has 0 bridgehead atoms. The summed E-state index contributed by atoms with van der Waals surface area (Å²) in [6, 6.07) is 4.97. The van der Waals surface area contributed by atoms with Crippen molar-refractivity contribution in [2.75, 3.05) is 13.1 Å². The minimum absolute atomic E-state index is 0.00499. The predicted molar refractivity (Wildman–Crippen MR) is 86.0 cm³/mol. The van der Waals surface area contributed by atoms with Crippen molar-refractivity contribution < 1.29 is 13.2 Å². The Labute approximate surface area is 135 Å². The lowest BCUT2D eigenvalue weighted by atomic mass is 9.96. The number of imidazole rings is 1. The Morgan fingerprint density at radius 1 is 1.43 bits per heavy atom. The van der Waals surface area contributed by atoms with E-state index in [4.69, 9.17) is 5.73 Å². The zero-order valence-corrected chi connectivity index (χ0v) is 13.8. The third kappa shape index (κ3) is 3.09. The molecule has 23 heavy (non-hydrogen) atoms. The first kappa shape index (κ1) is 15.9. The molecule has 1 aliphatic rings. The standard InChI is InChI=1S/C15H20N4O3S/c1-18-10-17-13-8-12(4-5-14(13)18)23(21,22)19-6-2-3-11(9-19)7-15(16)20/h4-5,8,10-11H,2-3,6-7,9H2,1H3,(H2,16,20). The van der Waals surface area contributed by atoms with Crippen molar-refractivity contribution in [3.63, 3.8) is 0 Å². The number of aromatic nitrogens is 2. The number of carbonyl (C=O) groups is 1. The molecule has 1 saturated heterocycles. The number of benzene rings is 1. The normalized spacial score (nSPS) is 20.0. The van der Waals surface area contributed by atoms with Crippen LogP contribution in [0, 0.1) is 5.92 Å². The predicted octanol–water partition coefficient (Wildman–Crippen LogP) is 0.849. The van der Waals surface area contributed by atoms with Crippen molar-refractivity contribution in [1.29, 1.82) is 0 Å². The van der Waals surface area contributed by atoms with Crippen molar-refractivity contribution >= 4 is 27.0 Å².